The number of hydrogen-bond donors (Lipinski definition) is 1. The minimum absolute atomic E-state index is 0.0200. The maximum Gasteiger partial charge on any atom is 0.221 e. The number of nitrogens with one attached hydrogen (secondary N) is 1. The summed E-state index contributed by atoms with van der Waals surface area (Å²) < 4.78 is 11.9. The van der Waals surface area contributed by atoms with E-state index >= 15 is 0 Å². The molecule has 1 fully saturated rings. The summed E-state index contributed by atoms with van der Waals surface area (Å²) in [4.78, 5) is 22.2. The molecule has 1 aliphatic heterocycles. The van der Waals surface area contributed by atoms with Crippen LogP contribution in [0.4, 0.5) is 5.82 Å². The second-order valence-electron chi connectivity index (χ2n) is 7.44. The molecule has 0 spiro atoms. The number of carbonyl (C=O) groups excluding carboxylic acids is 1. The summed E-state index contributed by atoms with van der Waals surface area (Å²) in [7, 11) is 0. The van der Waals surface area contributed by atoms with E-state index in [4.69, 9.17) is 9.47 Å². The monoisotopic (exact) mass is 398 g/mol. The molecule has 29 heavy (non-hydrogen) atoms. The SMILES string of the molecule is CCCOc1ncnc(N2CC[C@@H](Oc3ccc([C@H](C)NC(C)=O)cc3)C2)c1C. The van der Waals surface area contributed by atoms with Crippen molar-refractivity contribution in [2.24, 2.45) is 0 Å². The zero-order valence-electron chi connectivity index (χ0n) is 17.6. The second kappa shape index (κ2) is 9.58. The normalized spacial score (nSPS) is 17.1. The van der Waals surface area contributed by atoms with Gasteiger partial charge in [0.25, 0.3) is 0 Å². The predicted molar refractivity (Wildman–Crippen MR) is 112 cm³/mol. The van der Waals surface area contributed by atoms with Crippen molar-refractivity contribution in [3.05, 3.63) is 41.7 Å². The van der Waals surface area contributed by atoms with Crippen molar-refractivity contribution >= 4 is 11.7 Å². The van der Waals surface area contributed by atoms with Crippen LogP contribution in [-0.2, 0) is 4.79 Å². The minimum Gasteiger partial charge on any atom is -0.489 e. The fourth-order valence-electron chi connectivity index (χ4n) is 3.52. The van der Waals surface area contributed by atoms with Crippen LogP contribution in [0.2, 0.25) is 0 Å². The van der Waals surface area contributed by atoms with Gasteiger partial charge in [-0.15, -0.1) is 0 Å². The molecule has 0 radical (unpaired) electrons. The van der Waals surface area contributed by atoms with E-state index in [1.165, 1.54) is 6.92 Å². The topological polar surface area (TPSA) is 76.6 Å². The molecular formula is C22H30N4O3. The van der Waals surface area contributed by atoms with Crippen LogP contribution in [0.3, 0.4) is 0 Å². The molecular weight excluding hydrogens is 368 g/mol. The lowest BCUT2D eigenvalue weighted by Crippen LogP contribution is -2.26. The molecule has 2 atom stereocenters. The maximum absolute atomic E-state index is 11.2. The summed E-state index contributed by atoms with van der Waals surface area (Å²) in [5.41, 5.74) is 2.02. The summed E-state index contributed by atoms with van der Waals surface area (Å²) in [6, 6.07) is 7.89. The van der Waals surface area contributed by atoms with Crippen LogP contribution in [0.25, 0.3) is 0 Å². The Morgan fingerprint density at radius 3 is 2.76 bits per heavy atom. The Hall–Kier alpha value is -2.83. The number of aromatic nitrogens is 2. The molecule has 1 aromatic heterocycles. The predicted octanol–water partition coefficient (Wildman–Crippen LogP) is 3.43. The van der Waals surface area contributed by atoms with Gasteiger partial charge in [-0.2, -0.15) is 0 Å². The highest BCUT2D eigenvalue weighted by Crippen LogP contribution is 2.28. The molecule has 1 aromatic carbocycles. The van der Waals surface area contributed by atoms with Crippen molar-refractivity contribution in [2.75, 3.05) is 24.6 Å². The molecule has 1 aliphatic rings. The number of anilines is 1. The summed E-state index contributed by atoms with van der Waals surface area (Å²) >= 11 is 0. The summed E-state index contributed by atoms with van der Waals surface area (Å²) in [6.45, 7) is 9.88. The molecule has 1 N–H and O–H groups in total. The van der Waals surface area contributed by atoms with Crippen LogP contribution in [0.15, 0.2) is 30.6 Å². The molecule has 0 aliphatic carbocycles. The van der Waals surface area contributed by atoms with Gasteiger partial charge in [-0.25, -0.2) is 9.97 Å². The Bertz CT molecular complexity index is 825. The van der Waals surface area contributed by atoms with Crippen LogP contribution in [0.1, 0.15) is 50.8 Å². The van der Waals surface area contributed by atoms with Crippen LogP contribution in [0, 0.1) is 6.92 Å². The molecule has 2 heterocycles. The van der Waals surface area contributed by atoms with E-state index in [0.717, 1.165) is 48.6 Å². The van der Waals surface area contributed by atoms with E-state index in [9.17, 15) is 4.79 Å². The first-order valence-electron chi connectivity index (χ1n) is 10.2. The molecule has 0 saturated carbocycles. The third-order valence-corrected chi connectivity index (χ3v) is 5.00. The van der Waals surface area contributed by atoms with Crippen LogP contribution < -0.4 is 19.7 Å². The van der Waals surface area contributed by atoms with Crippen molar-refractivity contribution in [1.82, 2.24) is 15.3 Å². The van der Waals surface area contributed by atoms with Gasteiger partial charge in [0, 0.05) is 19.9 Å². The number of carbonyl (C=O) groups is 1. The van der Waals surface area contributed by atoms with Crippen molar-refractivity contribution in [2.45, 2.75) is 52.7 Å². The first-order chi connectivity index (χ1) is 14.0. The molecule has 0 bridgehead atoms. The van der Waals surface area contributed by atoms with Gasteiger partial charge in [0.1, 0.15) is 24.0 Å². The first kappa shape index (κ1) is 20.9. The van der Waals surface area contributed by atoms with Gasteiger partial charge in [-0.05, 0) is 38.0 Å². The van der Waals surface area contributed by atoms with Gasteiger partial charge in [0.15, 0.2) is 0 Å². The lowest BCUT2D eigenvalue weighted by atomic mass is 10.1. The fourth-order valence-corrected chi connectivity index (χ4v) is 3.52. The Morgan fingerprint density at radius 2 is 2.07 bits per heavy atom. The van der Waals surface area contributed by atoms with Crippen LogP contribution >= 0.6 is 0 Å². The summed E-state index contributed by atoms with van der Waals surface area (Å²) in [6.07, 6.45) is 3.54. The quantitative estimate of drug-likeness (QED) is 0.734. The van der Waals surface area contributed by atoms with E-state index in [1.807, 2.05) is 38.1 Å². The standard InChI is InChI=1S/C22H30N4O3/c1-5-12-28-22-15(2)21(23-14-24-22)26-11-10-20(13-26)29-19-8-6-18(7-9-19)16(3)25-17(4)27/h6-9,14,16,20H,5,10-13H2,1-4H3,(H,25,27)/t16-,20+/m0/s1. The number of hydrogen-bond acceptors (Lipinski definition) is 6. The number of benzene rings is 1. The highest BCUT2D eigenvalue weighted by molar-refractivity contribution is 5.73. The largest absolute Gasteiger partial charge is 0.489 e. The molecule has 2 aromatic rings. The van der Waals surface area contributed by atoms with Crippen molar-refractivity contribution in [1.29, 1.82) is 0 Å². The number of rotatable bonds is 8. The summed E-state index contributed by atoms with van der Waals surface area (Å²) in [5.74, 6) is 2.37. The molecule has 7 nitrogen and oxygen atoms in total. The van der Waals surface area contributed by atoms with Gasteiger partial charge in [0.05, 0.1) is 24.8 Å². The third-order valence-electron chi connectivity index (χ3n) is 5.00. The van der Waals surface area contributed by atoms with Crippen LogP contribution in [0.5, 0.6) is 11.6 Å². The Kier molecular flexibility index (Phi) is 6.90. The van der Waals surface area contributed by atoms with Gasteiger partial charge >= 0.3 is 0 Å². The Morgan fingerprint density at radius 1 is 1.31 bits per heavy atom. The van der Waals surface area contributed by atoms with E-state index in [1.54, 1.807) is 6.33 Å². The molecule has 1 amide bonds. The third kappa shape index (κ3) is 5.37. The molecule has 1 saturated heterocycles. The van der Waals surface area contributed by atoms with Gasteiger partial charge in [0.2, 0.25) is 11.8 Å². The van der Waals surface area contributed by atoms with Crippen molar-refractivity contribution in [3.63, 3.8) is 0 Å². The zero-order valence-corrected chi connectivity index (χ0v) is 17.6. The van der Waals surface area contributed by atoms with Crippen molar-refractivity contribution in [3.8, 4) is 11.6 Å². The van der Waals surface area contributed by atoms with E-state index in [2.05, 4.69) is 27.1 Å². The number of amides is 1. The molecule has 7 heteroatoms. The lowest BCUT2D eigenvalue weighted by Gasteiger charge is -2.21. The second-order valence-corrected chi connectivity index (χ2v) is 7.44. The van der Waals surface area contributed by atoms with E-state index in [-0.39, 0.29) is 18.1 Å². The number of nitrogens with zero attached hydrogens (tertiary/aromatic N) is 3. The highest BCUT2D eigenvalue weighted by atomic mass is 16.5. The molecule has 3 rings (SSSR count). The molecule has 156 valence electrons. The van der Waals surface area contributed by atoms with Crippen molar-refractivity contribution < 1.29 is 14.3 Å². The zero-order chi connectivity index (χ0) is 20.8. The van der Waals surface area contributed by atoms with E-state index in [0.29, 0.717) is 12.5 Å². The minimum atomic E-state index is -0.0351. The van der Waals surface area contributed by atoms with Gasteiger partial charge in [-0.3, -0.25) is 4.79 Å². The Balaban J connectivity index is 1.60. The first-order valence-corrected chi connectivity index (χ1v) is 10.2. The fraction of sp³-hybridized carbons (Fsp3) is 0.500. The van der Waals surface area contributed by atoms with Gasteiger partial charge < -0.3 is 19.7 Å². The average molecular weight is 399 g/mol. The lowest BCUT2D eigenvalue weighted by molar-refractivity contribution is -0.119. The number of ether oxygens (including phenoxy) is 2. The smallest absolute Gasteiger partial charge is 0.221 e. The Labute approximate surface area is 172 Å². The van der Waals surface area contributed by atoms with Crippen LogP contribution in [-0.4, -0.2) is 41.7 Å². The highest BCUT2D eigenvalue weighted by Gasteiger charge is 2.27. The van der Waals surface area contributed by atoms with Gasteiger partial charge in [-0.1, -0.05) is 19.1 Å². The average Bonchev–Trinajstić information content (AvgIpc) is 3.15. The van der Waals surface area contributed by atoms with E-state index < -0.39 is 0 Å². The maximum atomic E-state index is 11.2. The summed E-state index contributed by atoms with van der Waals surface area (Å²) in [5, 5.41) is 2.89. The molecule has 0 unspecified atom stereocenters.